The second-order valence-corrected chi connectivity index (χ2v) is 6.76. The first kappa shape index (κ1) is 15.2. The summed E-state index contributed by atoms with van der Waals surface area (Å²) in [6.45, 7) is 0.313. The monoisotopic (exact) mass is 299 g/mol. The van der Waals surface area contributed by atoms with E-state index in [1.807, 2.05) is 0 Å². The zero-order valence-corrected chi connectivity index (χ0v) is 12.4. The van der Waals surface area contributed by atoms with E-state index in [2.05, 4.69) is 9.71 Å². The minimum absolute atomic E-state index is 0.134. The van der Waals surface area contributed by atoms with Crippen molar-refractivity contribution in [2.24, 2.45) is 11.7 Å². The number of hydrogen-bond donors (Lipinski definition) is 2. The molecule has 3 N–H and O–H groups in total. The minimum Gasteiger partial charge on any atom is -0.481 e. The van der Waals surface area contributed by atoms with Gasteiger partial charge in [0.2, 0.25) is 15.9 Å². The molecule has 1 heterocycles. The lowest BCUT2D eigenvalue weighted by atomic mass is 9.99. The van der Waals surface area contributed by atoms with Crippen LogP contribution < -0.4 is 15.2 Å². The van der Waals surface area contributed by atoms with Gasteiger partial charge >= 0.3 is 0 Å². The van der Waals surface area contributed by atoms with Gasteiger partial charge in [-0.25, -0.2) is 18.1 Å². The summed E-state index contributed by atoms with van der Waals surface area (Å²) >= 11 is 0. The van der Waals surface area contributed by atoms with Gasteiger partial charge in [0, 0.05) is 18.7 Å². The van der Waals surface area contributed by atoms with E-state index in [0.717, 1.165) is 25.7 Å². The Kier molecular flexibility index (Phi) is 4.95. The number of nitrogens with one attached hydrogen (secondary N) is 1. The van der Waals surface area contributed by atoms with Crippen molar-refractivity contribution in [2.45, 2.75) is 36.6 Å². The normalized spacial score (nSPS) is 18.1. The van der Waals surface area contributed by atoms with Crippen LogP contribution >= 0.6 is 0 Å². The maximum absolute atomic E-state index is 12.3. The molecule has 112 valence electrons. The number of rotatable bonds is 6. The van der Waals surface area contributed by atoms with Crippen LogP contribution in [0.3, 0.4) is 0 Å². The molecule has 2 rings (SSSR count). The van der Waals surface area contributed by atoms with Crippen LogP contribution in [0, 0.1) is 5.92 Å². The minimum atomic E-state index is -3.58. The molecular formula is C13H21N3O3S. The average molecular weight is 299 g/mol. The highest BCUT2D eigenvalue weighted by Gasteiger charge is 2.28. The molecule has 1 saturated carbocycles. The van der Waals surface area contributed by atoms with Crippen molar-refractivity contribution < 1.29 is 13.2 Å². The molecule has 0 radical (unpaired) electrons. The van der Waals surface area contributed by atoms with Crippen LogP contribution in [-0.2, 0) is 10.0 Å². The summed E-state index contributed by atoms with van der Waals surface area (Å²) in [6.07, 6.45) is 5.65. The number of sulfonamides is 1. The number of aromatic nitrogens is 1. The molecule has 0 aromatic carbocycles. The van der Waals surface area contributed by atoms with Gasteiger partial charge in [0.05, 0.1) is 13.3 Å². The zero-order chi connectivity index (χ0) is 14.6. The molecule has 20 heavy (non-hydrogen) atoms. The van der Waals surface area contributed by atoms with E-state index in [9.17, 15) is 8.42 Å². The lowest BCUT2D eigenvalue weighted by Crippen LogP contribution is -2.44. The lowest BCUT2D eigenvalue weighted by Gasteiger charge is -2.22. The van der Waals surface area contributed by atoms with E-state index >= 15 is 0 Å². The van der Waals surface area contributed by atoms with Crippen molar-refractivity contribution in [3.05, 3.63) is 18.3 Å². The van der Waals surface area contributed by atoms with Crippen molar-refractivity contribution in [1.29, 1.82) is 0 Å². The molecule has 1 atom stereocenters. The fraction of sp³-hybridized carbons (Fsp3) is 0.615. The van der Waals surface area contributed by atoms with Gasteiger partial charge in [-0.3, -0.25) is 0 Å². The van der Waals surface area contributed by atoms with Crippen LogP contribution in [0.15, 0.2) is 23.2 Å². The number of nitrogens with two attached hydrogens (primary N) is 1. The number of pyridine rings is 1. The Morgan fingerprint density at radius 1 is 1.45 bits per heavy atom. The van der Waals surface area contributed by atoms with Gasteiger partial charge < -0.3 is 10.5 Å². The van der Waals surface area contributed by atoms with Gasteiger partial charge in [0.25, 0.3) is 0 Å². The number of ether oxygens (including phenoxy) is 1. The van der Waals surface area contributed by atoms with Crippen LogP contribution in [0.4, 0.5) is 0 Å². The molecule has 1 aromatic rings. The molecule has 1 aliphatic rings. The van der Waals surface area contributed by atoms with Gasteiger partial charge in [-0.05, 0) is 24.8 Å². The molecule has 0 amide bonds. The summed E-state index contributed by atoms with van der Waals surface area (Å²) in [5, 5.41) is 0. The first-order valence-electron chi connectivity index (χ1n) is 6.79. The predicted octanol–water partition coefficient (Wildman–Crippen LogP) is 0.886. The molecule has 1 aromatic heterocycles. The zero-order valence-electron chi connectivity index (χ0n) is 11.6. The molecule has 1 fully saturated rings. The molecular weight excluding hydrogens is 278 g/mol. The number of methoxy groups -OCH3 is 1. The standard InChI is InChI=1S/C13H21N3O3S/c1-19-13-7-6-11(9-15-13)20(17,18)16-12(8-14)10-4-2-3-5-10/h6-7,9-10,12,16H,2-5,8,14H2,1H3. The van der Waals surface area contributed by atoms with E-state index < -0.39 is 10.0 Å². The third kappa shape index (κ3) is 3.47. The van der Waals surface area contributed by atoms with Crippen LogP contribution in [-0.4, -0.2) is 33.1 Å². The van der Waals surface area contributed by atoms with Gasteiger partial charge in [0.15, 0.2) is 0 Å². The highest BCUT2D eigenvalue weighted by Crippen LogP contribution is 2.28. The van der Waals surface area contributed by atoms with E-state index in [1.165, 1.54) is 25.4 Å². The molecule has 1 unspecified atom stereocenters. The first-order chi connectivity index (χ1) is 9.56. The highest BCUT2D eigenvalue weighted by molar-refractivity contribution is 7.89. The predicted molar refractivity (Wildman–Crippen MR) is 75.9 cm³/mol. The molecule has 0 spiro atoms. The van der Waals surface area contributed by atoms with Gasteiger partial charge in [-0.2, -0.15) is 0 Å². The van der Waals surface area contributed by atoms with E-state index in [-0.39, 0.29) is 10.9 Å². The fourth-order valence-corrected chi connectivity index (χ4v) is 3.87. The molecule has 1 aliphatic carbocycles. The first-order valence-corrected chi connectivity index (χ1v) is 8.27. The summed E-state index contributed by atoms with van der Waals surface area (Å²) in [6, 6.07) is 2.81. The Morgan fingerprint density at radius 3 is 2.65 bits per heavy atom. The Labute approximate surface area is 119 Å². The Morgan fingerprint density at radius 2 is 2.15 bits per heavy atom. The van der Waals surface area contributed by atoms with Crippen LogP contribution in [0.25, 0.3) is 0 Å². The quantitative estimate of drug-likeness (QED) is 0.813. The van der Waals surface area contributed by atoms with Gasteiger partial charge in [0.1, 0.15) is 4.90 Å². The van der Waals surface area contributed by atoms with Crippen LogP contribution in [0.1, 0.15) is 25.7 Å². The van der Waals surface area contributed by atoms with E-state index in [1.54, 1.807) is 0 Å². The number of hydrogen-bond acceptors (Lipinski definition) is 5. The second kappa shape index (κ2) is 6.51. The Hall–Kier alpha value is -1.18. The lowest BCUT2D eigenvalue weighted by molar-refractivity contribution is 0.396. The third-order valence-corrected chi connectivity index (χ3v) is 5.23. The highest BCUT2D eigenvalue weighted by atomic mass is 32.2. The topological polar surface area (TPSA) is 94.3 Å². The summed E-state index contributed by atoms with van der Waals surface area (Å²) in [4.78, 5) is 4.06. The Bertz CT molecular complexity index is 524. The Balaban J connectivity index is 2.11. The summed E-state index contributed by atoms with van der Waals surface area (Å²) in [5.74, 6) is 0.719. The third-order valence-electron chi connectivity index (χ3n) is 3.76. The smallest absolute Gasteiger partial charge is 0.242 e. The molecule has 7 heteroatoms. The van der Waals surface area contributed by atoms with Gasteiger partial charge in [-0.15, -0.1) is 0 Å². The van der Waals surface area contributed by atoms with Crippen molar-refractivity contribution in [3.63, 3.8) is 0 Å². The van der Waals surface area contributed by atoms with Crippen molar-refractivity contribution in [1.82, 2.24) is 9.71 Å². The number of nitrogens with zero attached hydrogens (tertiary/aromatic N) is 1. The maximum Gasteiger partial charge on any atom is 0.242 e. The van der Waals surface area contributed by atoms with Crippen molar-refractivity contribution in [3.8, 4) is 5.88 Å². The molecule has 0 saturated heterocycles. The van der Waals surface area contributed by atoms with Crippen LogP contribution in [0.5, 0.6) is 5.88 Å². The summed E-state index contributed by atoms with van der Waals surface area (Å²) in [5.41, 5.74) is 5.72. The van der Waals surface area contributed by atoms with E-state index in [0.29, 0.717) is 18.3 Å². The largest absolute Gasteiger partial charge is 0.481 e. The van der Waals surface area contributed by atoms with Crippen molar-refractivity contribution in [2.75, 3.05) is 13.7 Å². The van der Waals surface area contributed by atoms with Crippen molar-refractivity contribution >= 4 is 10.0 Å². The second-order valence-electron chi connectivity index (χ2n) is 5.04. The average Bonchev–Trinajstić information content (AvgIpc) is 2.99. The van der Waals surface area contributed by atoms with Gasteiger partial charge in [-0.1, -0.05) is 12.8 Å². The van der Waals surface area contributed by atoms with E-state index in [4.69, 9.17) is 10.5 Å². The summed E-state index contributed by atoms with van der Waals surface area (Å²) in [7, 11) is -2.10. The maximum atomic E-state index is 12.3. The summed E-state index contributed by atoms with van der Waals surface area (Å²) < 4.78 is 32.2. The SMILES string of the molecule is COc1ccc(S(=O)(=O)NC(CN)C2CCCC2)cn1. The molecule has 0 aliphatic heterocycles. The molecule has 6 nitrogen and oxygen atoms in total. The fourth-order valence-electron chi connectivity index (χ4n) is 2.61. The van der Waals surface area contributed by atoms with Crippen LogP contribution in [0.2, 0.25) is 0 Å². The molecule has 0 bridgehead atoms.